The molecule has 110 valence electrons. The monoisotopic (exact) mass is 294 g/mol. The number of rotatable bonds is 5. The van der Waals surface area contributed by atoms with Crippen molar-refractivity contribution in [3.8, 4) is 0 Å². The van der Waals surface area contributed by atoms with Crippen molar-refractivity contribution in [2.45, 2.75) is 31.1 Å². The Bertz CT molecular complexity index is 445. The first-order valence-corrected chi connectivity index (χ1v) is 8.11. The maximum Gasteiger partial charge on any atom is 0.234 e. The molecule has 1 heterocycles. The van der Waals surface area contributed by atoms with E-state index in [9.17, 15) is 9.90 Å². The molecule has 1 unspecified atom stereocenters. The van der Waals surface area contributed by atoms with E-state index in [1.807, 2.05) is 24.3 Å². The van der Waals surface area contributed by atoms with Crippen LogP contribution < -0.4 is 10.6 Å². The Balaban J connectivity index is 1.85. The molecule has 1 aliphatic heterocycles. The lowest BCUT2D eigenvalue weighted by molar-refractivity contribution is -0.113. The number of anilines is 1. The molecule has 1 fully saturated rings. The summed E-state index contributed by atoms with van der Waals surface area (Å²) in [6.45, 7) is 3.79. The molecule has 0 aromatic heterocycles. The molecule has 1 aromatic rings. The van der Waals surface area contributed by atoms with Gasteiger partial charge < -0.3 is 15.7 Å². The summed E-state index contributed by atoms with van der Waals surface area (Å²) in [5.74, 6) is 0.473. The molecule has 4 nitrogen and oxygen atoms in total. The molecule has 20 heavy (non-hydrogen) atoms. The zero-order valence-corrected chi connectivity index (χ0v) is 12.6. The van der Waals surface area contributed by atoms with Gasteiger partial charge in [0.2, 0.25) is 5.91 Å². The van der Waals surface area contributed by atoms with Gasteiger partial charge in [-0.15, -0.1) is 11.8 Å². The Kier molecular flexibility index (Phi) is 5.88. The number of piperidine rings is 1. The van der Waals surface area contributed by atoms with Crippen LogP contribution in [0.25, 0.3) is 0 Å². The maximum absolute atomic E-state index is 12.0. The minimum absolute atomic E-state index is 0.00151. The smallest absolute Gasteiger partial charge is 0.234 e. The first kappa shape index (κ1) is 15.4. The standard InChI is InChI=1S/C15H22N2O2S/c1-11(18)13-4-2-3-5-14(13)17-15(19)10-20-12-6-8-16-9-7-12/h2-5,11-12,16,18H,6-10H2,1H3,(H,17,19). The van der Waals surface area contributed by atoms with Gasteiger partial charge in [-0.05, 0) is 38.9 Å². The van der Waals surface area contributed by atoms with Crippen LogP contribution >= 0.6 is 11.8 Å². The van der Waals surface area contributed by atoms with Crippen molar-refractivity contribution < 1.29 is 9.90 Å². The minimum atomic E-state index is -0.580. The second-order valence-electron chi connectivity index (χ2n) is 5.07. The zero-order valence-electron chi connectivity index (χ0n) is 11.8. The Morgan fingerprint density at radius 1 is 1.45 bits per heavy atom. The van der Waals surface area contributed by atoms with Crippen molar-refractivity contribution in [2.75, 3.05) is 24.2 Å². The fraction of sp³-hybridized carbons (Fsp3) is 0.533. The molecule has 3 N–H and O–H groups in total. The van der Waals surface area contributed by atoms with E-state index in [1.165, 1.54) is 0 Å². The van der Waals surface area contributed by atoms with Crippen LogP contribution in [0.1, 0.15) is 31.4 Å². The molecule has 0 spiro atoms. The van der Waals surface area contributed by atoms with Gasteiger partial charge in [-0.1, -0.05) is 18.2 Å². The second kappa shape index (κ2) is 7.67. The van der Waals surface area contributed by atoms with Gasteiger partial charge in [0.05, 0.1) is 11.9 Å². The summed E-state index contributed by atoms with van der Waals surface area (Å²) in [6.07, 6.45) is 1.67. The molecule has 1 aromatic carbocycles. The normalized spacial score (nSPS) is 17.7. The van der Waals surface area contributed by atoms with Gasteiger partial charge in [0.1, 0.15) is 0 Å². The molecule has 2 rings (SSSR count). The van der Waals surface area contributed by atoms with Gasteiger partial charge in [0.25, 0.3) is 0 Å². The average molecular weight is 294 g/mol. The molecule has 0 radical (unpaired) electrons. The summed E-state index contributed by atoms with van der Waals surface area (Å²) in [5, 5.41) is 16.5. The van der Waals surface area contributed by atoms with Gasteiger partial charge >= 0.3 is 0 Å². The van der Waals surface area contributed by atoms with Crippen LogP contribution in [0.4, 0.5) is 5.69 Å². The zero-order chi connectivity index (χ0) is 14.4. The van der Waals surface area contributed by atoms with Crippen LogP contribution in [-0.4, -0.2) is 35.1 Å². The summed E-state index contributed by atoms with van der Waals surface area (Å²) >= 11 is 1.72. The number of hydrogen-bond acceptors (Lipinski definition) is 4. The van der Waals surface area contributed by atoms with Crippen LogP contribution in [0.15, 0.2) is 24.3 Å². The fourth-order valence-corrected chi connectivity index (χ4v) is 3.35. The van der Waals surface area contributed by atoms with Gasteiger partial charge in [-0.2, -0.15) is 0 Å². The number of aliphatic hydroxyl groups is 1. The van der Waals surface area contributed by atoms with Gasteiger partial charge in [-0.25, -0.2) is 0 Å². The number of aliphatic hydroxyl groups excluding tert-OH is 1. The van der Waals surface area contributed by atoms with Crippen molar-refractivity contribution >= 4 is 23.4 Å². The maximum atomic E-state index is 12.0. The third kappa shape index (κ3) is 4.51. The van der Waals surface area contributed by atoms with Gasteiger partial charge in [-0.3, -0.25) is 4.79 Å². The highest BCUT2D eigenvalue weighted by Gasteiger charge is 2.16. The second-order valence-corrected chi connectivity index (χ2v) is 6.36. The van der Waals surface area contributed by atoms with Crippen LogP contribution in [0.3, 0.4) is 0 Å². The van der Waals surface area contributed by atoms with Crippen LogP contribution in [0.5, 0.6) is 0 Å². The van der Waals surface area contributed by atoms with Crippen LogP contribution in [0, 0.1) is 0 Å². The van der Waals surface area contributed by atoms with Crippen LogP contribution in [-0.2, 0) is 4.79 Å². The molecule has 0 saturated carbocycles. The molecule has 0 bridgehead atoms. The van der Waals surface area contributed by atoms with E-state index in [0.717, 1.165) is 31.5 Å². The van der Waals surface area contributed by atoms with Crippen LogP contribution in [0.2, 0.25) is 0 Å². The number of thioether (sulfide) groups is 1. The fourth-order valence-electron chi connectivity index (χ4n) is 2.32. The lowest BCUT2D eigenvalue weighted by Crippen LogP contribution is -2.30. The summed E-state index contributed by atoms with van der Waals surface area (Å²) < 4.78 is 0. The Morgan fingerprint density at radius 2 is 2.15 bits per heavy atom. The number of carbonyl (C=O) groups excluding carboxylic acids is 1. The number of hydrogen-bond donors (Lipinski definition) is 3. The molecule has 1 amide bonds. The van der Waals surface area contributed by atoms with E-state index in [1.54, 1.807) is 18.7 Å². The number of nitrogens with one attached hydrogen (secondary N) is 2. The van der Waals surface area contributed by atoms with Gasteiger partial charge in [0.15, 0.2) is 0 Å². The summed E-state index contributed by atoms with van der Waals surface area (Å²) in [6, 6.07) is 7.39. The van der Waals surface area contributed by atoms with E-state index in [2.05, 4.69) is 10.6 Å². The van der Waals surface area contributed by atoms with Crippen molar-refractivity contribution in [1.82, 2.24) is 5.32 Å². The number of carbonyl (C=O) groups is 1. The highest BCUT2D eigenvalue weighted by atomic mass is 32.2. The quantitative estimate of drug-likeness (QED) is 0.779. The largest absolute Gasteiger partial charge is 0.389 e. The van der Waals surface area contributed by atoms with E-state index in [0.29, 0.717) is 16.7 Å². The Hall–Kier alpha value is -1.04. The third-order valence-electron chi connectivity index (χ3n) is 3.42. The number of amides is 1. The van der Waals surface area contributed by atoms with E-state index in [-0.39, 0.29) is 5.91 Å². The van der Waals surface area contributed by atoms with Gasteiger partial charge in [0, 0.05) is 16.5 Å². The predicted octanol–water partition coefficient (Wildman–Crippen LogP) is 2.16. The number of para-hydroxylation sites is 1. The molecule has 5 heteroatoms. The molecule has 1 saturated heterocycles. The first-order valence-electron chi connectivity index (χ1n) is 7.06. The van der Waals surface area contributed by atoms with Crippen molar-refractivity contribution in [3.05, 3.63) is 29.8 Å². The molecule has 1 atom stereocenters. The summed E-state index contributed by atoms with van der Waals surface area (Å²) in [5.41, 5.74) is 1.46. The van der Waals surface area contributed by atoms with Crippen molar-refractivity contribution in [2.24, 2.45) is 0 Å². The topological polar surface area (TPSA) is 61.4 Å². The van der Waals surface area contributed by atoms with Crippen molar-refractivity contribution in [1.29, 1.82) is 0 Å². The Morgan fingerprint density at radius 3 is 2.85 bits per heavy atom. The minimum Gasteiger partial charge on any atom is -0.389 e. The molecular formula is C15H22N2O2S. The summed E-state index contributed by atoms with van der Waals surface area (Å²) in [4.78, 5) is 12.0. The highest BCUT2D eigenvalue weighted by molar-refractivity contribution is 8.00. The molecule has 0 aliphatic carbocycles. The SMILES string of the molecule is CC(O)c1ccccc1NC(=O)CSC1CCNCC1. The van der Waals surface area contributed by atoms with Crippen molar-refractivity contribution in [3.63, 3.8) is 0 Å². The van der Waals surface area contributed by atoms with E-state index >= 15 is 0 Å². The van der Waals surface area contributed by atoms with E-state index < -0.39 is 6.10 Å². The lowest BCUT2D eigenvalue weighted by Gasteiger charge is -2.21. The predicted molar refractivity (Wildman–Crippen MR) is 84.1 cm³/mol. The Labute approximate surface area is 124 Å². The van der Waals surface area contributed by atoms with E-state index in [4.69, 9.17) is 0 Å². The highest BCUT2D eigenvalue weighted by Crippen LogP contribution is 2.24. The molecular weight excluding hydrogens is 272 g/mol. The number of benzene rings is 1. The third-order valence-corrected chi connectivity index (χ3v) is 4.79. The average Bonchev–Trinajstić information content (AvgIpc) is 2.46. The summed E-state index contributed by atoms with van der Waals surface area (Å²) in [7, 11) is 0. The first-order chi connectivity index (χ1) is 9.66. The lowest BCUT2D eigenvalue weighted by atomic mass is 10.1. The molecule has 1 aliphatic rings.